The van der Waals surface area contributed by atoms with Crippen LogP contribution >= 0.6 is 0 Å². The number of rotatable bonds is 4. The Balaban J connectivity index is 1.31. The maximum absolute atomic E-state index is 12.7. The van der Waals surface area contributed by atoms with Gasteiger partial charge in [0.25, 0.3) is 0 Å². The summed E-state index contributed by atoms with van der Waals surface area (Å²) < 4.78 is 5.22. The van der Waals surface area contributed by atoms with Crippen molar-refractivity contribution in [2.75, 3.05) is 32.7 Å². The Kier molecular flexibility index (Phi) is 5.23. The van der Waals surface area contributed by atoms with Gasteiger partial charge in [-0.3, -0.25) is 24.2 Å². The smallest absolute Gasteiger partial charge is 0.242 e. The highest BCUT2D eigenvalue weighted by Gasteiger charge is 2.48. The van der Waals surface area contributed by atoms with Crippen LogP contribution in [0, 0.1) is 25.7 Å². The fraction of sp³-hybridized carbons (Fsp3) is 0.700. The lowest BCUT2D eigenvalue weighted by atomic mass is 9.81. The number of piperazine rings is 1. The fourth-order valence-electron chi connectivity index (χ4n) is 4.73. The second-order valence-electron chi connectivity index (χ2n) is 8.22. The highest BCUT2D eigenvalue weighted by Crippen LogP contribution is 2.37. The molecule has 0 aromatic carbocycles. The molecule has 1 aliphatic carbocycles. The molecule has 8 nitrogen and oxygen atoms in total. The predicted molar refractivity (Wildman–Crippen MR) is 100 cm³/mol. The van der Waals surface area contributed by atoms with Crippen LogP contribution in [-0.2, 0) is 20.9 Å². The third kappa shape index (κ3) is 3.45. The molecule has 8 heteroatoms. The first-order valence-electron chi connectivity index (χ1n) is 10.2. The van der Waals surface area contributed by atoms with Gasteiger partial charge in [0.1, 0.15) is 12.3 Å². The van der Waals surface area contributed by atoms with E-state index in [4.69, 9.17) is 4.52 Å². The Morgan fingerprint density at radius 3 is 2.18 bits per heavy atom. The molecule has 0 spiro atoms. The van der Waals surface area contributed by atoms with E-state index in [1.807, 2.05) is 13.8 Å². The highest BCUT2D eigenvalue weighted by molar-refractivity contribution is 6.07. The molecule has 1 aromatic heterocycles. The van der Waals surface area contributed by atoms with Crippen molar-refractivity contribution in [2.24, 2.45) is 11.8 Å². The molecule has 28 heavy (non-hydrogen) atoms. The Labute approximate surface area is 164 Å². The molecule has 1 aromatic rings. The van der Waals surface area contributed by atoms with Gasteiger partial charge < -0.3 is 9.42 Å². The minimum atomic E-state index is -0.194. The zero-order valence-electron chi connectivity index (χ0n) is 16.6. The summed E-state index contributed by atoms with van der Waals surface area (Å²) in [5, 5.41) is 3.99. The van der Waals surface area contributed by atoms with E-state index in [1.54, 1.807) is 4.90 Å². The number of fused-ring (bicyclic) bond motifs is 1. The number of carbonyl (C=O) groups is 3. The van der Waals surface area contributed by atoms with Crippen LogP contribution < -0.4 is 0 Å². The Morgan fingerprint density at radius 1 is 1.04 bits per heavy atom. The second-order valence-corrected chi connectivity index (χ2v) is 8.22. The average molecular weight is 388 g/mol. The first kappa shape index (κ1) is 19.1. The first-order valence-corrected chi connectivity index (χ1v) is 10.2. The maximum atomic E-state index is 12.7. The third-order valence-corrected chi connectivity index (χ3v) is 6.51. The molecule has 3 amide bonds. The van der Waals surface area contributed by atoms with Crippen molar-refractivity contribution in [1.82, 2.24) is 19.9 Å². The summed E-state index contributed by atoms with van der Waals surface area (Å²) in [6, 6.07) is 0. The van der Waals surface area contributed by atoms with Crippen molar-refractivity contribution < 1.29 is 18.9 Å². The van der Waals surface area contributed by atoms with Gasteiger partial charge in [-0.25, -0.2) is 0 Å². The van der Waals surface area contributed by atoms with Crippen molar-refractivity contribution in [2.45, 2.75) is 46.1 Å². The maximum Gasteiger partial charge on any atom is 0.242 e. The van der Waals surface area contributed by atoms with Gasteiger partial charge in [-0.1, -0.05) is 18.0 Å². The fourth-order valence-corrected chi connectivity index (χ4v) is 4.73. The van der Waals surface area contributed by atoms with E-state index < -0.39 is 0 Å². The van der Waals surface area contributed by atoms with Crippen LogP contribution in [0.1, 0.15) is 42.7 Å². The molecule has 2 unspecified atom stereocenters. The summed E-state index contributed by atoms with van der Waals surface area (Å²) in [6.07, 6.45) is 3.55. The Hall–Kier alpha value is -2.22. The molecular weight excluding hydrogens is 360 g/mol. The van der Waals surface area contributed by atoms with Crippen LogP contribution in [0.15, 0.2) is 4.52 Å². The number of amides is 3. The topological polar surface area (TPSA) is 87.0 Å². The van der Waals surface area contributed by atoms with Crippen molar-refractivity contribution in [3.63, 3.8) is 0 Å². The summed E-state index contributed by atoms with van der Waals surface area (Å²) in [6.45, 7) is 7.22. The van der Waals surface area contributed by atoms with Crippen LogP contribution in [0.3, 0.4) is 0 Å². The van der Waals surface area contributed by atoms with Gasteiger partial charge >= 0.3 is 0 Å². The van der Waals surface area contributed by atoms with E-state index in [1.165, 1.54) is 4.90 Å². The molecule has 2 atom stereocenters. The largest absolute Gasteiger partial charge is 0.361 e. The van der Waals surface area contributed by atoms with Crippen molar-refractivity contribution in [3.05, 3.63) is 17.0 Å². The Morgan fingerprint density at radius 2 is 1.64 bits per heavy atom. The minimum Gasteiger partial charge on any atom is -0.361 e. The van der Waals surface area contributed by atoms with E-state index in [9.17, 15) is 14.4 Å². The molecule has 0 N–H and O–H groups in total. The number of aromatic nitrogens is 1. The minimum absolute atomic E-state index is 0.103. The van der Waals surface area contributed by atoms with Gasteiger partial charge in [0.05, 0.1) is 17.5 Å². The monoisotopic (exact) mass is 388 g/mol. The van der Waals surface area contributed by atoms with E-state index >= 15 is 0 Å². The van der Waals surface area contributed by atoms with Crippen LogP contribution in [0.25, 0.3) is 0 Å². The number of nitrogens with zero attached hydrogens (tertiary/aromatic N) is 4. The number of imide groups is 1. The number of aryl methyl sites for hydroxylation is 2. The molecule has 0 radical (unpaired) electrons. The molecule has 152 valence electrons. The summed E-state index contributed by atoms with van der Waals surface area (Å²) in [5.74, 6) is 0.0444. The Bertz CT molecular complexity index is 738. The molecule has 1 saturated carbocycles. The van der Waals surface area contributed by atoms with E-state index in [0.717, 1.165) is 62.3 Å². The molecule has 4 rings (SSSR count). The average Bonchev–Trinajstić information content (AvgIpc) is 3.15. The SMILES string of the molecule is Cc1noc(C)c1CN1CCN(C(=O)CN2C(=O)C3CCCCC3C2=O)CC1. The van der Waals surface area contributed by atoms with Crippen molar-refractivity contribution in [3.8, 4) is 0 Å². The summed E-state index contributed by atoms with van der Waals surface area (Å²) >= 11 is 0. The molecule has 2 aliphatic heterocycles. The molecule has 3 heterocycles. The standard InChI is InChI=1S/C20H28N4O4/c1-13-17(14(2)28-21-13)11-22-7-9-23(10-8-22)18(25)12-24-19(26)15-5-3-4-6-16(15)20(24)27/h15-16H,3-12H2,1-2H3. The van der Waals surface area contributed by atoms with Gasteiger partial charge in [-0.2, -0.15) is 0 Å². The van der Waals surface area contributed by atoms with Gasteiger partial charge in [0.2, 0.25) is 17.7 Å². The van der Waals surface area contributed by atoms with Crippen LogP contribution in [0.4, 0.5) is 0 Å². The first-order chi connectivity index (χ1) is 13.5. The van der Waals surface area contributed by atoms with Gasteiger partial charge in [-0.15, -0.1) is 0 Å². The van der Waals surface area contributed by atoms with Gasteiger partial charge in [-0.05, 0) is 26.7 Å². The number of hydrogen-bond donors (Lipinski definition) is 0. The van der Waals surface area contributed by atoms with Crippen LogP contribution in [0.2, 0.25) is 0 Å². The predicted octanol–water partition coefficient (Wildman–Crippen LogP) is 1.11. The molecule has 0 bridgehead atoms. The van der Waals surface area contributed by atoms with Crippen LogP contribution in [-0.4, -0.2) is 70.3 Å². The lowest BCUT2D eigenvalue weighted by Crippen LogP contribution is -2.51. The third-order valence-electron chi connectivity index (χ3n) is 6.51. The number of likely N-dealkylation sites (tertiary alicyclic amines) is 1. The second kappa shape index (κ2) is 7.66. The normalized spacial score (nSPS) is 26.1. The zero-order chi connectivity index (χ0) is 19.8. The quantitative estimate of drug-likeness (QED) is 0.718. The van der Waals surface area contributed by atoms with E-state index in [2.05, 4.69) is 10.1 Å². The van der Waals surface area contributed by atoms with E-state index in [0.29, 0.717) is 13.1 Å². The van der Waals surface area contributed by atoms with Crippen molar-refractivity contribution in [1.29, 1.82) is 0 Å². The number of hydrogen-bond acceptors (Lipinski definition) is 6. The lowest BCUT2D eigenvalue weighted by molar-refractivity contribution is -0.147. The lowest BCUT2D eigenvalue weighted by Gasteiger charge is -2.35. The summed E-state index contributed by atoms with van der Waals surface area (Å²) in [4.78, 5) is 43.1. The summed E-state index contributed by atoms with van der Waals surface area (Å²) in [5.41, 5.74) is 2.01. The summed E-state index contributed by atoms with van der Waals surface area (Å²) in [7, 11) is 0. The molecular formula is C20H28N4O4. The zero-order valence-corrected chi connectivity index (χ0v) is 16.6. The highest BCUT2D eigenvalue weighted by atomic mass is 16.5. The molecule has 2 saturated heterocycles. The van der Waals surface area contributed by atoms with E-state index in [-0.39, 0.29) is 36.1 Å². The van der Waals surface area contributed by atoms with Gasteiger partial charge in [0, 0.05) is 38.3 Å². The molecule has 3 aliphatic rings. The van der Waals surface area contributed by atoms with Crippen LogP contribution in [0.5, 0.6) is 0 Å². The van der Waals surface area contributed by atoms with Gasteiger partial charge in [0.15, 0.2) is 0 Å². The number of carbonyl (C=O) groups excluding carboxylic acids is 3. The molecule has 3 fully saturated rings. The van der Waals surface area contributed by atoms with Crippen molar-refractivity contribution >= 4 is 17.7 Å².